The summed E-state index contributed by atoms with van der Waals surface area (Å²) in [5.74, 6) is -1.63. The van der Waals surface area contributed by atoms with E-state index in [2.05, 4.69) is 16.7 Å². The Kier molecular flexibility index (Phi) is 6.21. The largest absolute Gasteiger partial charge is 0.325 e. The zero-order valence-electron chi connectivity index (χ0n) is 16.9. The van der Waals surface area contributed by atoms with E-state index in [0.717, 1.165) is 34.1 Å². The molecule has 1 heterocycles. The van der Waals surface area contributed by atoms with Crippen LogP contribution in [0.2, 0.25) is 0 Å². The fourth-order valence-electron chi connectivity index (χ4n) is 3.35. The SMILES string of the molecule is Cc1cc(C)c(NC(=O)[C@@H](C)SC2=C(C#N)C(C)(C)[C@@H](C#N)C(=O)N2)c(C)c1. The van der Waals surface area contributed by atoms with Crippen molar-refractivity contribution in [3.8, 4) is 12.1 Å². The van der Waals surface area contributed by atoms with E-state index in [1.54, 1.807) is 20.8 Å². The predicted molar refractivity (Wildman–Crippen MR) is 110 cm³/mol. The van der Waals surface area contributed by atoms with E-state index in [-0.39, 0.29) is 5.91 Å². The minimum absolute atomic E-state index is 0.223. The van der Waals surface area contributed by atoms with Crippen LogP contribution in [0.4, 0.5) is 5.69 Å². The summed E-state index contributed by atoms with van der Waals surface area (Å²) in [7, 11) is 0. The van der Waals surface area contributed by atoms with Gasteiger partial charge < -0.3 is 10.6 Å². The van der Waals surface area contributed by atoms with E-state index in [9.17, 15) is 20.1 Å². The number of aryl methyl sites for hydroxylation is 3. The number of rotatable bonds is 4. The van der Waals surface area contributed by atoms with E-state index in [0.29, 0.717) is 10.6 Å². The third-order valence-electron chi connectivity index (χ3n) is 4.92. The Labute approximate surface area is 170 Å². The minimum Gasteiger partial charge on any atom is -0.325 e. The molecule has 1 aromatic rings. The number of hydrogen-bond acceptors (Lipinski definition) is 5. The number of carbonyl (C=O) groups excluding carboxylic acids is 2. The Morgan fingerprint density at radius 3 is 2.32 bits per heavy atom. The van der Waals surface area contributed by atoms with E-state index >= 15 is 0 Å². The van der Waals surface area contributed by atoms with Crippen molar-refractivity contribution in [1.82, 2.24) is 5.32 Å². The first kappa shape index (κ1) is 21.5. The molecule has 28 heavy (non-hydrogen) atoms. The summed E-state index contributed by atoms with van der Waals surface area (Å²) in [6.45, 7) is 11.0. The number of nitriles is 2. The van der Waals surface area contributed by atoms with Gasteiger partial charge in [-0.15, -0.1) is 0 Å². The van der Waals surface area contributed by atoms with Crippen LogP contribution >= 0.6 is 11.8 Å². The predicted octanol–water partition coefficient (Wildman–Crippen LogP) is 3.70. The summed E-state index contributed by atoms with van der Waals surface area (Å²) in [6, 6.07) is 8.08. The Bertz CT molecular complexity index is 927. The molecule has 2 amide bonds. The zero-order chi connectivity index (χ0) is 21.2. The second-order valence-electron chi connectivity index (χ2n) is 7.61. The second kappa shape index (κ2) is 8.08. The zero-order valence-corrected chi connectivity index (χ0v) is 17.7. The number of nitrogens with zero attached hydrogens (tertiary/aromatic N) is 2. The molecule has 0 radical (unpaired) electrons. The maximum absolute atomic E-state index is 12.7. The first-order valence-corrected chi connectivity index (χ1v) is 9.81. The highest BCUT2D eigenvalue weighted by Crippen LogP contribution is 2.42. The Morgan fingerprint density at radius 1 is 1.25 bits per heavy atom. The summed E-state index contributed by atoms with van der Waals surface area (Å²) in [5.41, 5.74) is 3.24. The number of allylic oxidation sites excluding steroid dienone is 1. The number of benzene rings is 1. The molecule has 2 atom stereocenters. The fraction of sp³-hybridized carbons (Fsp3) is 0.429. The summed E-state index contributed by atoms with van der Waals surface area (Å²) < 4.78 is 0. The maximum Gasteiger partial charge on any atom is 0.243 e. The normalized spacial score (nSPS) is 19.3. The summed E-state index contributed by atoms with van der Waals surface area (Å²) in [4.78, 5) is 25.0. The molecule has 2 N–H and O–H groups in total. The quantitative estimate of drug-likeness (QED) is 0.807. The molecule has 0 aromatic heterocycles. The molecule has 0 saturated carbocycles. The molecule has 1 aromatic carbocycles. The molecular formula is C21H24N4O2S. The highest BCUT2D eigenvalue weighted by molar-refractivity contribution is 8.04. The number of carbonyl (C=O) groups is 2. The molecule has 0 bridgehead atoms. The average Bonchev–Trinajstić information content (AvgIpc) is 2.57. The average molecular weight is 397 g/mol. The Morgan fingerprint density at radius 2 is 1.82 bits per heavy atom. The van der Waals surface area contributed by atoms with Gasteiger partial charge in [0, 0.05) is 11.1 Å². The first-order chi connectivity index (χ1) is 13.0. The van der Waals surface area contributed by atoms with Gasteiger partial charge in [0.1, 0.15) is 5.92 Å². The molecule has 1 aliphatic rings. The topological polar surface area (TPSA) is 106 Å². The highest BCUT2D eigenvalue weighted by atomic mass is 32.2. The number of anilines is 1. The monoisotopic (exact) mass is 396 g/mol. The molecule has 2 rings (SSSR count). The molecule has 6 nitrogen and oxygen atoms in total. The van der Waals surface area contributed by atoms with Gasteiger partial charge in [-0.05, 0) is 38.8 Å². The van der Waals surface area contributed by atoms with Gasteiger partial charge in [-0.1, -0.05) is 43.3 Å². The van der Waals surface area contributed by atoms with Crippen molar-refractivity contribution in [2.75, 3.05) is 5.32 Å². The summed E-state index contributed by atoms with van der Waals surface area (Å²) >= 11 is 1.12. The van der Waals surface area contributed by atoms with Crippen LogP contribution in [0.15, 0.2) is 22.7 Å². The van der Waals surface area contributed by atoms with E-state index in [4.69, 9.17) is 0 Å². The third-order valence-corrected chi connectivity index (χ3v) is 6.03. The third kappa shape index (κ3) is 4.05. The van der Waals surface area contributed by atoms with Gasteiger partial charge in [0.25, 0.3) is 0 Å². The highest BCUT2D eigenvalue weighted by Gasteiger charge is 2.45. The molecule has 1 aliphatic heterocycles. The van der Waals surface area contributed by atoms with Gasteiger partial charge in [-0.3, -0.25) is 9.59 Å². The van der Waals surface area contributed by atoms with Crippen molar-refractivity contribution in [3.05, 3.63) is 39.4 Å². The molecule has 146 valence electrons. The lowest BCUT2D eigenvalue weighted by molar-refractivity contribution is -0.125. The van der Waals surface area contributed by atoms with Crippen LogP contribution in [0.25, 0.3) is 0 Å². The second-order valence-corrected chi connectivity index (χ2v) is 8.96. The van der Waals surface area contributed by atoms with E-state index in [1.807, 2.05) is 39.0 Å². The smallest absolute Gasteiger partial charge is 0.243 e. The van der Waals surface area contributed by atoms with E-state index in [1.165, 1.54) is 0 Å². The molecule has 0 aliphatic carbocycles. The van der Waals surface area contributed by atoms with Gasteiger partial charge in [-0.25, -0.2) is 0 Å². The molecule has 0 fully saturated rings. The van der Waals surface area contributed by atoms with Gasteiger partial charge in [0.05, 0.1) is 28.0 Å². The van der Waals surface area contributed by atoms with Gasteiger partial charge >= 0.3 is 0 Å². The standard InChI is InChI=1S/C21H24N4O2S/c1-11-7-12(2)17(13(3)8-11)24-18(26)14(4)28-20-16(10-23)21(5,6)15(9-22)19(27)25-20/h7-8,14-15H,1-6H3,(H,24,26)(H,25,27)/t14-,15+/m1/s1. The lowest BCUT2D eigenvalue weighted by Gasteiger charge is -2.35. The van der Waals surface area contributed by atoms with Gasteiger partial charge in [0.15, 0.2) is 0 Å². The van der Waals surface area contributed by atoms with Crippen molar-refractivity contribution >= 4 is 29.3 Å². The van der Waals surface area contributed by atoms with Crippen LogP contribution in [-0.2, 0) is 9.59 Å². The van der Waals surface area contributed by atoms with Crippen LogP contribution in [0.1, 0.15) is 37.5 Å². The first-order valence-electron chi connectivity index (χ1n) is 8.93. The molecule has 7 heteroatoms. The van der Waals surface area contributed by atoms with Crippen molar-refractivity contribution in [3.63, 3.8) is 0 Å². The van der Waals surface area contributed by atoms with E-state index < -0.39 is 22.5 Å². The molecule has 0 unspecified atom stereocenters. The van der Waals surface area contributed by atoms with Crippen LogP contribution in [-0.4, -0.2) is 17.1 Å². The van der Waals surface area contributed by atoms with Crippen LogP contribution < -0.4 is 10.6 Å². The Balaban J connectivity index is 2.26. The summed E-state index contributed by atoms with van der Waals surface area (Å²) in [6.07, 6.45) is 0. The maximum atomic E-state index is 12.7. The van der Waals surface area contributed by atoms with Crippen LogP contribution in [0.5, 0.6) is 0 Å². The van der Waals surface area contributed by atoms with Crippen molar-refractivity contribution < 1.29 is 9.59 Å². The van der Waals surface area contributed by atoms with Crippen molar-refractivity contribution in [2.45, 2.75) is 46.8 Å². The Hall–Kier alpha value is -2.77. The number of nitrogens with one attached hydrogen (secondary N) is 2. The number of hydrogen-bond donors (Lipinski definition) is 2. The lowest BCUT2D eigenvalue weighted by atomic mass is 9.72. The minimum atomic E-state index is -0.950. The molecular weight excluding hydrogens is 372 g/mol. The van der Waals surface area contributed by atoms with Crippen LogP contribution in [0.3, 0.4) is 0 Å². The lowest BCUT2D eigenvalue weighted by Crippen LogP contribution is -2.45. The van der Waals surface area contributed by atoms with Gasteiger partial charge in [-0.2, -0.15) is 10.5 Å². The van der Waals surface area contributed by atoms with Gasteiger partial charge in [0.2, 0.25) is 11.8 Å². The molecule has 0 spiro atoms. The number of thioether (sulfide) groups is 1. The number of amides is 2. The summed E-state index contributed by atoms with van der Waals surface area (Å²) in [5, 5.41) is 24.3. The fourth-order valence-corrected chi connectivity index (χ4v) is 4.45. The van der Waals surface area contributed by atoms with Crippen molar-refractivity contribution in [1.29, 1.82) is 10.5 Å². The molecule has 0 saturated heterocycles. The van der Waals surface area contributed by atoms with Crippen molar-refractivity contribution in [2.24, 2.45) is 11.3 Å². The van der Waals surface area contributed by atoms with Crippen LogP contribution in [0, 0.1) is 54.8 Å².